The van der Waals surface area contributed by atoms with Gasteiger partial charge in [-0.15, -0.1) is 0 Å². The number of ether oxygens (including phenoxy) is 2. The number of hydrogen-bond acceptors (Lipinski definition) is 5. The Morgan fingerprint density at radius 2 is 2.14 bits per heavy atom. The van der Waals surface area contributed by atoms with Gasteiger partial charge in [0.25, 0.3) is 0 Å². The highest BCUT2D eigenvalue weighted by molar-refractivity contribution is 5.87. The third kappa shape index (κ3) is 3.36. The quantitative estimate of drug-likeness (QED) is 0.794. The predicted molar refractivity (Wildman–Crippen MR) is 78.5 cm³/mol. The highest BCUT2D eigenvalue weighted by Crippen LogP contribution is 2.33. The number of aryl methyl sites for hydroxylation is 1. The summed E-state index contributed by atoms with van der Waals surface area (Å²) in [6.07, 6.45) is 2.34. The van der Waals surface area contributed by atoms with Crippen molar-refractivity contribution in [3.8, 4) is 5.75 Å². The van der Waals surface area contributed by atoms with Gasteiger partial charge in [0.1, 0.15) is 5.76 Å². The number of rotatable bonds is 7. The van der Waals surface area contributed by atoms with E-state index in [1.165, 1.54) is 7.11 Å². The van der Waals surface area contributed by atoms with Crippen molar-refractivity contribution in [2.75, 3.05) is 20.3 Å². The van der Waals surface area contributed by atoms with E-state index in [0.717, 1.165) is 29.6 Å². The first-order chi connectivity index (χ1) is 10.2. The van der Waals surface area contributed by atoms with E-state index >= 15 is 0 Å². The molecule has 0 atom stereocenters. The number of furan rings is 1. The summed E-state index contributed by atoms with van der Waals surface area (Å²) >= 11 is 0. The van der Waals surface area contributed by atoms with Gasteiger partial charge in [-0.05, 0) is 12.5 Å². The van der Waals surface area contributed by atoms with Gasteiger partial charge in [-0.1, -0.05) is 25.5 Å². The summed E-state index contributed by atoms with van der Waals surface area (Å²) in [6, 6.07) is 5.59. The molecule has 0 saturated heterocycles. The van der Waals surface area contributed by atoms with Gasteiger partial charge in [-0.25, -0.2) is 4.79 Å². The molecule has 21 heavy (non-hydrogen) atoms. The van der Waals surface area contributed by atoms with Crippen LogP contribution in [0, 0.1) is 0 Å². The molecule has 2 aromatic rings. The molecular weight excluding hydrogens is 272 g/mol. The average Bonchev–Trinajstić information content (AvgIpc) is 2.84. The minimum absolute atomic E-state index is 0.0366. The topological polar surface area (TPSA) is 68.9 Å². The second kappa shape index (κ2) is 7.13. The maximum absolute atomic E-state index is 11.2. The summed E-state index contributed by atoms with van der Waals surface area (Å²) in [4.78, 5) is 11.2. The Balaban J connectivity index is 2.39. The van der Waals surface area contributed by atoms with E-state index in [0.29, 0.717) is 17.8 Å². The van der Waals surface area contributed by atoms with Crippen LogP contribution in [0.25, 0.3) is 11.0 Å². The Kier molecular flexibility index (Phi) is 5.22. The molecule has 0 aliphatic carbocycles. The van der Waals surface area contributed by atoms with Gasteiger partial charge in [0.05, 0.1) is 13.7 Å². The number of aliphatic hydroxyl groups excluding tert-OH is 1. The molecule has 2 rings (SSSR count). The monoisotopic (exact) mass is 292 g/mol. The van der Waals surface area contributed by atoms with Crippen LogP contribution in [-0.4, -0.2) is 31.4 Å². The van der Waals surface area contributed by atoms with E-state index in [1.807, 2.05) is 12.1 Å². The van der Waals surface area contributed by atoms with Crippen LogP contribution in [0.5, 0.6) is 5.75 Å². The molecule has 5 nitrogen and oxygen atoms in total. The summed E-state index contributed by atoms with van der Waals surface area (Å²) in [5.74, 6) is 0.853. The lowest BCUT2D eigenvalue weighted by molar-refractivity contribution is -0.142. The van der Waals surface area contributed by atoms with Gasteiger partial charge in [0.15, 0.2) is 17.9 Å². The Hall–Kier alpha value is -2.01. The Morgan fingerprint density at radius 3 is 2.81 bits per heavy atom. The van der Waals surface area contributed by atoms with Crippen molar-refractivity contribution in [3.05, 3.63) is 29.5 Å². The third-order valence-corrected chi connectivity index (χ3v) is 3.28. The molecule has 1 aromatic heterocycles. The Morgan fingerprint density at radius 1 is 1.33 bits per heavy atom. The van der Waals surface area contributed by atoms with Crippen LogP contribution < -0.4 is 4.74 Å². The molecule has 0 saturated carbocycles. The van der Waals surface area contributed by atoms with Gasteiger partial charge >= 0.3 is 5.97 Å². The first kappa shape index (κ1) is 15.4. The zero-order chi connectivity index (χ0) is 15.2. The number of hydrogen-bond donors (Lipinski definition) is 1. The van der Waals surface area contributed by atoms with Crippen LogP contribution in [0.3, 0.4) is 0 Å². The SMILES string of the molecule is CCCc1c(CCO)oc2c(OCC(=O)OC)cccc12. The fourth-order valence-electron chi connectivity index (χ4n) is 2.33. The Bertz CT molecular complexity index is 614. The minimum Gasteiger partial charge on any atom is -0.478 e. The summed E-state index contributed by atoms with van der Waals surface area (Å²) in [5.41, 5.74) is 1.72. The van der Waals surface area contributed by atoms with Gasteiger partial charge in [-0.3, -0.25) is 0 Å². The molecule has 1 N–H and O–H groups in total. The van der Waals surface area contributed by atoms with E-state index < -0.39 is 5.97 Å². The normalized spacial score (nSPS) is 10.8. The van der Waals surface area contributed by atoms with E-state index in [4.69, 9.17) is 14.3 Å². The highest BCUT2D eigenvalue weighted by Gasteiger charge is 2.17. The van der Waals surface area contributed by atoms with Crippen molar-refractivity contribution in [2.45, 2.75) is 26.2 Å². The number of esters is 1. The van der Waals surface area contributed by atoms with Crippen LogP contribution >= 0.6 is 0 Å². The fraction of sp³-hybridized carbons (Fsp3) is 0.438. The van der Waals surface area contributed by atoms with E-state index in [9.17, 15) is 4.79 Å². The standard InChI is InChI=1S/C16H20O5/c1-3-5-11-12-6-4-7-14(20-10-15(18)19-2)16(12)21-13(11)8-9-17/h4,6-7,17H,3,5,8-10H2,1-2H3. The summed E-state index contributed by atoms with van der Waals surface area (Å²) < 4.78 is 15.9. The average molecular weight is 292 g/mol. The molecule has 0 amide bonds. The summed E-state index contributed by atoms with van der Waals surface area (Å²) in [7, 11) is 1.32. The summed E-state index contributed by atoms with van der Waals surface area (Å²) in [5, 5.41) is 10.1. The van der Waals surface area contributed by atoms with Gasteiger partial charge < -0.3 is 19.0 Å². The maximum atomic E-state index is 11.2. The molecular formula is C16H20O5. The van der Waals surface area contributed by atoms with E-state index in [2.05, 4.69) is 11.7 Å². The lowest BCUT2D eigenvalue weighted by Gasteiger charge is -2.05. The van der Waals surface area contributed by atoms with Crippen molar-refractivity contribution >= 4 is 16.9 Å². The molecule has 0 bridgehead atoms. The van der Waals surface area contributed by atoms with E-state index in [1.54, 1.807) is 6.07 Å². The fourth-order valence-corrected chi connectivity index (χ4v) is 2.33. The second-order valence-corrected chi connectivity index (χ2v) is 4.73. The van der Waals surface area contributed by atoms with Crippen LogP contribution in [0.2, 0.25) is 0 Å². The number of carbonyl (C=O) groups is 1. The zero-order valence-corrected chi connectivity index (χ0v) is 12.3. The number of para-hydroxylation sites is 1. The third-order valence-electron chi connectivity index (χ3n) is 3.28. The Labute approximate surface area is 123 Å². The lowest BCUT2D eigenvalue weighted by atomic mass is 10.0. The van der Waals surface area contributed by atoms with Crippen LogP contribution in [-0.2, 0) is 22.4 Å². The number of methoxy groups -OCH3 is 1. The molecule has 0 aliphatic rings. The first-order valence-electron chi connectivity index (χ1n) is 7.05. The smallest absolute Gasteiger partial charge is 0.343 e. The molecule has 0 aliphatic heterocycles. The van der Waals surface area contributed by atoms with Crippen molar-refractivity contribution in [2.24, 2.45) is 0 Å². The van der Waals surface area contributed by atoms with Crippen LogP contribution in [0.1, 0.15) is 24.7 Å². The maximum Gasteiger partial charge on any atom is 0.343 e. The number of aliphatic hydroxyl groups is 1. The van der Waals surface area contributed by atoms with Crippen LogP contribution in [0.4, 0.5) is 0 Å². The number of benzene rings is 1. The van der Waals surface area contributed by atoms with Crippen LogP contribution in [0.15, 0.2) is 22.6 Å². The molecule has 0 radical (unpaired) electrons. The van der Waals surface area contributed by atoms with Crippen molar-refractivity contribution in [1.82, 2.24) is 0 Å². The van der Waals surface area contributed by atoms with Crippen molar-refractivity contribution in [1.29, 1.82) is 0 Å². The second-order valence-electron chi connectivity index (χ2n) is 4.73. The largest absolute Gasteiger partial charge is 0.478 e. The van der Waals surface area contributed by atoms with E-state index in [-0.39, 0.29) is 13.2 Å². The van der Waals surface area contributed by atoms with Crippen molar-refractivity contribution < 1.29 is 23.8 Å². The number of carbonyl (C=O) groups excluding carboxylic acids is 1. The van der Waals surface area contributed by atoms with Gasteiger partial charge in [-0.2, -0.15) is 0 Å². The highest BCUT2D eigenvalue weighted by atomic mass is 16.6. The van der Waals surface area contributed by atoms with Crippen molar-refractivity contribution in [3.63, 3.8) is 0 Å². The molecule has 0 spiro atoms. The number of fused-ring (bicyclic) bond motifs is 1. The van der Waals surface area contributed by atoms with Gasteiger partial charge in [0.2, 0.25) is 0 Å². The lowest BCUT2D eigenvalue weighted by Crippen LogP contribution is -2.12. The first-order valence-corrected chi connectivity index (χ1v) is 7.05. The molecule has 5 heteroatoms. The minimum atomic E-state index is -0.442. The molecule has 0 fully saturated rings. The summed E-state index contributed by atoms with van der Waals surface area (Å²) in [6.45, 7) is 1.98. The molecule has 1 heterocycles. The molecule has 0 unspecified atom stereocenters. The van der Waals surface area contributed by atoms with Gasteiger partial charge in [0, 0.05) is 17.4 Å². The zero-order valence-electron chi connectivity index (χ0n) is 12.3. The molecule has 114 valence electrons. The predicted octanol–water partition coefficient (Wildman–Crippen LogP) is 2.47. The molecule has 1 aromatic carbocycles.